The van der Waals surface area contributed by atoms with E-state index in [2.05, 4.69) is 132 Å². The van der Waals surface area contributed by atoms with Gasteiger partial charge < -0.3 is 0 Å². The van der Waals surface area contributed by atoms with E-state index in [9.17, 15) is 0 Å². The molecule has 37 heavy (non-hydrogen) atoms. The highest BCUT2D eigenvalue weighted by Crippen LogP contribution is 2.44. The molecular weight excluding hydrogens is 450 g/mol. The molecule has 1 fully saturated rings. The fourth-order valence-corrected chi connectivity index (χ4v) is 6.11. The van der Waals surface area contributed by atoms with Gasteiger partial charge in [-0.2, -0.15) is 5.01 Å². The van der Waals surface area contributed by atoms with E-state index in [1.807, 2.05) is 0 Å². The minimum Gasteiger partial charge on any atom is -0.300 e. The van der Waals surface area contributed by atoms with E-state index in [-0.39, 0.29) is 6.17 Å². The SMILES string of the molecule is CNC(c1ccccc1)[N@@]1C(C2C=CCCC2)[N@@]1CC1=CC(c2cccc(-c3ccccc3)c2)=CCC1. The third kappa shape index (κ3) is 5.26. The van der Waals surface area contributed by atoms with Crippen molar-refractivity contribution in [3.8, 4) is 11.1 Å². The molecule has 3 aromatic rings. The Morgan fingerprint density at radius 1 is 0.865 bits per heavy atom. The molecule has 188 valence electrons. The first-order valence-corrected chi connectivity index (χ1v) is 13.8. The number of rotatable bonds is 8. The minimum absolute atomic E-state index is 0.197. The van der Waals surface area contributed by atoms with E-state index in [1.54, 1.807) is 0 Å². The van der Waals surface area contributed by atoms with Crippen LogP contribution in [0.3, 0.4) is 0 Å². The molecule has 3 heteroatoms. The summed E-state index contributed by atoms with van der Waals surface area (Å²) in [7, 11) is 2.09. The van der Waals surface area contributed by atoms with Crippen LogP contribution in [0.25, 0.3) is 16.7 Å². The second-order valence-electron chi connectivity index (χ2n) is 10.5. The summed E-state index contributed by atoms with van der Waals surface area (Å²) in [6.07, 6.45) is 16.4. The normalized spacial score (nSPS) is 25.8. The number of hydrazine groups is 1. The zero-order valence-corrected chi connectivity index (χ0v) is 21.8. The number of nitrogens with zero attached hydrogens (tertiary/aromatic N) is 2. The van der Waals surface area contributed by atoms with Crippen molar-refractivity contribution in [1.29, 1.82) is 0 Å². The number of hydrogen-bond donors (Lipinski definition) is 1. The van der Waals surface area contributed by atoms with Crippen molar-refractivity contribution in [3.63, 3.8) is 0 Å². The zero-order chi connectivity index (χ0) is 25.0. The molecule has 1 N–H and O–H groups in total. The predicted octanol–water partition coefficient (Wildman–Crippen LogP) is 7.59. The van der Waals surface area contributed by atoms with Gasteiger partial charge in [0.15, 0.2) is 0 Å². The van der Waals surface area contributed by atoms with E-state index >= 15 is 0 Å². The Morgan fingerprint density at radius 3 is 2.38 bits per heavy atom. The van der Waals surface area contributed by atoms with Gasteiger partial charge in [0.05, 0.1) is 6.17 Å². The van der Waals surface area contributed by atoms with Crippen LogP contribution in [0.1, 0.15) is 49.4 Å². The second-order valence-corrected chi connectivity index (χ2v) is 10.5. The Balaban J connectivity index is 1.24. The molecule has 0 bridgehead atoms. The zero-order valence-electron chi connectivity index (χ0n) is 21.8. The van der Waals surface area contributed by atoms with Crippen molar-refractivity contribution in [2.75, 3.05) is 13.6 Å². The summed E-state index contributed by atoms with van der Waals surface area (Å²) in [5.41, 5.74) is 8.07. The number of benzene rings is 3. The van der Waals surface area contributed by atoms with Gasteiger partial charge in [0.25, 0.3) is 0 Å². The summed E-state index contributed by atoms with van der Waals surface area (Å²) < 4.78 is 0. The van der Waals surface area contributed by atoms with Gasteiger partial charge in [0, 0.05) is 12.5 Å². The first-order valence-electron chi connectivity index (χ1n) is 13.8. The third-order valence-corrected chi connectivity index (χ3v) is 8.00. The Morgan fingerprint density at radius 2 is 1.62 bits per heavy atom. The van der Waals surface area contributed by atoms with Gasteiger partial charge in [-0.1, -0.05) is 109 Å². The molecule has 3 unspecified atom stereocenters. The van der Waals surface area contributed by atoms with Crippen molar-refractivity contribution in [1.82, 2.24) is 15.3 Å². The van der Waals surface area contributed by atoms with Gasteiger partial charge >= 0.3 is 0 Å². The molecule has 3 nitrogen and oxygen atoms in total. The van der Waals surface area contributed by atoms with Crippen LogP contribution in [0.5, 0.6) is 0 Å². The molecule has 3 aromatic carbocycles. The maximum absolute atomic E-state index is 3.60. The first kappa shape index (κ1) is 24.1. The molecule has 6 rings (SSSR count). The van der Waals surface area contributed by atoms with Gasteiger partial charge in [-0.25, -0.2) is 5.01 Å². The standard InChI is InChI=1S/C34H37N3/c1-35-33(28-16-7-3-8-17-28)37-34(29-18-9-4-10-19-29)36(37)25-26-13-11-20-30(23-26)32-22-12-21-31(24-32)27-14-5-2-6-15-27/h2-3,5-9,12,14-18,20-24,29,33-35H,4,10-11,13,19,25H2,1H3/t29?,33?,34?,36-,37+/m1/s1. The van der Waals surface area contributed by atoms with Gasteiger partial charge in [-0.15, -0.1) is 0 Å². The lowest BCUT2D eigenvalue weighted by Gasteiger charge is -2.21. The predicted molar refractivity (Wildman–Crippen MR) is 154 cm³/mol. The maximum atomic E-state index is 3.60. The highest BCUT2D eigenvalue weighted by Gasteiger charge is 2.52. The van der Waals surface area contributed by atoms with Crippen LogP contribution in [0.2, 0.25) is 0 Å². The molecule has 0 saturated carbocycles. The van der Waals surface area contributed by atoms with E-state index in [1.165, 1.54) is 52.7 Å². The molecule has 0 radical (unpaired) electrons. The lowest BCUT2D eigenvalue weighted by atomic mass is 9.92. The van der Waals surface area contributed by atoms with Crippen LogP contribution in [-0.2, 0) is 0 Å². The fraction of sp³-hybridized carbons (Fsp3) is 0.294. The van der Waals surface area contributed by atoms with Gasteiger partial charge in [-0.3, -0.25) is 5.32 Å². The van der Waals surface area contributed by atoms with Gasteiger partial charge in [-0.05, 0) is 73.0 Å². The lowest BCUT2D eigenvalue weighted by molar-refractivity contribution is 0.221. The highest BCUT2D eigenvalue weighted by atomic mass is 15.9. The highest BCUT2D eigenvalue weighted by molar-refractivity contribution is 5.79. The molecule has 0 aromatic heterocycles. The van der Waals surface area contributed by atoms with Crippen molar-refractivity contribution < 1.29 is 0 Å². The van der Waals surface area contributed by atoms with Crippen LogP contribution in [-0.4, -0.2) is 29.8 Å². The monoisotopic (exact) mass is 487 g/mol. The van der Waals surface area contributed by atoms with Crippen LogP contribution in [0.4, 0.5) is 0 Å². The van der Waals surface area contributed by atoms with Gasteiger partial charge in [0.1, 0.15) is 6.17 Å². The number of hydrogen-bond acceptors (Lipinski definition) is 3. The Hall–Kier alpha value is -3.24. The van der Waals surface area contributed by atoms with E-state index in [0.717, 1.165) is 19.4 Å². The quantitative estimate of drug-likeness (QED) is 0.261. The average molecular weight is 488 g/mol. The van der Waals surface area contributed by atoms with Crippen molar-refractivity contribution in [3.05, 3.63) is 126 Å². The van der Waals surface area contributed by atoms with Crippen LogP contribution in [0, 0.1) is 5.92 Å². The minimum atomic E-state index is 0.197. The van der Waals surface area contributed by atoms with Crippen LogP contribution < -0.4 is 5.32 Å². The molecule has 3 aliphatic rings. The van der Waals surface area contributed by atoms with E-state index < -0.39 is 0 Å². The molecule has 1 aliphatic heterocycles. The molecule has 1 saturated heterocycles. The topological polar surface area (TPSA) is 18.0 Å². The van der Waals surface area contributed by atoms with Crippen molar-refractivity contribution in [2.24, 2.45) is 5.92 Å². The average Bonchev–Trinajstić information content (AvgIpc) is 3.67. The Labute approximate surface area is 221 Å². The first-order chi connectivity index (χ1) is 18.3. The van der Waals surface area contributed by atoms with Crippen molar-refractivity contribution >= 4 is 5.57 Å². The molecule has 2 aliphatic carbocycles. The Bertz CT molecular complexity index is 1290. The van der Waals surface area contributed by atoms with Crippen molar-refractivity contribution in [2.45, 2.75) is 44.4 Å². The Kier molecular flexibility index (Phi) is 7.18. The molecule has 0 spiro atoms. The number of allylic oxidation sites excluding steroid dienone is 4. The van der Waals surface area contributed by atoms with Crippen LogP contribution in [0.15, 0.2) is 115 Å². The molecule has 1 heterocycles. The van der Waals surface area contributed by atoms with Crippen LogP contribution >= 0.6 is 0 Å². The second kappa shape index (κ2) is 11.0. The summed E-state index contributed by atoms with van der Waals surface area (Å²) in [6, 6.07) is 30.6. The number of nitrogens with one attached hydrogen (secondary N) is 1. The third-order valence-electron chi connectivity index (χ3n) is 8.00. The molecule has 5 atom stereocenters. The maximum Gasteiger partial charge on any atom is 0.101 e. The molecule has 0 amide bonds. The van der Waals surface area contributed by atoms with E-state index in [4.69, 9.17) is 0 Å². The summed E-state index contributed by atoms with van der Waals surface area (Å²) in [4.78, 5) is 0. The fourth-order valence-electron chi connectivity index (χ4n) is 6.11. The lowest BCUT2D eigenvalue weighted by Crippen LogP contribution is -2.28. The summed E-state index contributed by atoms with van der Waals surface area (Å²) in [6.45, 7) is 0.996. The largest absolute Gasteiger partial charge is 0.300 e. The summed E-state index contributed by atoms with van der Waals surface area (Å²) in [5, 5.41) is 8.80. The van der Waals surface area contributed by atoms with E-state index in [0.29, 0.717) is 12.1 Å². The summed E-state index contributed by atoms with van der Waals surface area (Å²) in [5.74, 6) is 0.593. The smallest absolute Gasteiger partial charge is 0.101 e. The summed E-state index contributed by atoms with van der Waals surface area (Å²) >= 11 is 0. The molecular formula is C34H37N3. The van der Waals surface area contributed by atoms with Gasteiger partial charge in [0.2, 0.25) is 0 Å².